The van der Waals surface area contributed by atoms with Crippen LogP contribution in [0, 0.1) is 6.92 Å². The van der Waals surface area contributed by atoms with Crippen molar-refractivity contribution in [3.8, 4) is 0 Å². The highest BCUT2D eigenvalue weighted by atomic mass is 35.5. The monoisotopic (exact) mass is 413 g/mol. The van der Waals surface area contributed by atoms with Crippen LogP contribution in [-0.2, 0) is 15.4 Å². The van der Waals surface area contributed by atoms with Crippen LogP contribution in [0.4, 0.5) is 0 Å². The number of aryl methyl sites for hydroxylation is 1. The first-order chi connectivity index (χ1) is 12.2. The van der Waals surface area contributed by atoms with Crippen molar-refractivity contribution in [2.24, 2.45) is 0 Å². The number of hydrogen-bond acceptors (Lipinski definition) is 4. The third-order valence-corrected chi connectivity index (χ3v) is 8.48. The lowest BCUT2D eigenvalue weighted by molar-refractivity contribution is 0.203. The maximum atomic E-state index is 12.7. The number of aliphatic hydroxyl groups is 1. The molecule has 1 aliphatic rings. The Morgan fingerprint density at radius 1 is 1.27 bits per heavy atom. The minimum Gasteiger partial charge on any atom is -0.388 e. The van der Waals surface area contributed by atoms with Crippen LogP contribution in [0.3, 0.4) is 0 Å². The van der Waals surface area contributed by atoms with E-state index in [9.17, 15) is 13.5 Å². The van der Waals surface area contributed by atoms with E-state index in [2.05, 4.69) is 4.72 Å². The van der Waals surface area contributed by atoms with Gasteiger partial charge in [-0.05, 0) is 56.5 Å². The lowest BCUT2D eigenvalue weighted by Gasteiger charge is -2.28. The predicted molar refractivity (Wildman–Crippen MR) is 106 cm³/mol. The molecule has 0 aliphatic heterocycles. The van der Waals surface area contributed by atoms with Crippen molar-refractivity contribution in [3.63, 3.8) is 0 Å². The molecule has 26 heavy (non-hydrogen) atoms. The molecule has 1 heterocycles. The third-order valence-electron chi connectivity index (χ3n) is 5.18. The molecule has 1 fully saturated rings. The van der Waals surface area contributed by atoms with Gasteiger partial charge in [0.05, 0.1) is 11.0 Å². The summed E-state index contributed by atoms with van der Waals surface area (Å²) in [4.78, 5) is 2.26. The third kappa shape index (κ3) is 3.99. The molecular weight excluding hydrogens is 390 g/mol. The van der Waals surface area contributed by atoms with Crippen LogP contribution in [0.15, 0.2) is 35.2 Å². The molecule has 0 amide bonds. The fraction of sp³-hybridized carbons (Fsp3) is 0.474. The first-order valence-corrected chi connectivity index (χ1v) is 11.5. The lowest BCUT2D eigenvalue weighted by Crippen LogP contribution is -2.38. The van der Waals surface area contributed by atoms with Crippen molar-refractivity contribution in [2.45, 2.75) is 55.9 Å². The molecule has 0 radical (unpaired) electrons. The molecule has 4 nitrogen and oxygen atoms in total. The first kappa shape index (κ1) is 19.8. The van der Waals surface area contributed by atoms with E-state index in [1.165, 1.54) is 6.07 Å². The fourth-order valence-electron chi connectivity index (χ4n) is 3.48. The molecule has 2 N–H and O–H groups in total. The van der Waals surface area contributed by atoms with Gasteiger partial charge in [-0.2, -0.15) is 0 Å². The summed E-state index contributed by atoms with van der Waals surface area (Å²) in [5.41, 5.74) is 0.654. The van der Waals surface area contributed by atoms with Crippen molar-refractivity contribution in [1.29, 1.82) is 0 Å². The van der Waals surface area contributed by atoms with Gasteiger partial charge < -0.3 is 5.11 Å². The van der Waals surface area contributed by atoms with Gasteiger partial charge >= 0.3 is 0 Å². The highest BCUT2D eigenvalue weighted by Gasteiger charge is 2.38. The second-order valence-electron chi connectivity index (χ2n) is 7.10. The Morgan fingerprint density at radius 2 is 1.96 bits per heavy atom. The van der Waals surface area contributed by atoms with Crippen molar-refractivity contribution in [3.05, 3.63) is 50.7 Å². The van der Waals surface area contributed by atoms with E-state index in [1.54, 1.807) is 30.4 Å². The van der Waals surface area contributed by atoms with Crippen LogP contribution in [0.5, 0.6) is 0 Å². The number of halogens is 1. The normalized spacial score (nSPS) is 18.2. The van der Waals surface area contributed by atoms with E-state index in [4.69, 9.17) is 11.6 Å². The molecule has 1 unspecified atom stereocenters. The molecule has 0 saturated heterocycles. The van der Waals surface area contributed by atoms with Crippen molar-refractivity contribution >= 4 is 33.0 Å². The standard InChI is InChI=1S/C19H24ClNO3S2/c1-13-5-6-15(11-16(13)20)26(23,24)21-12-19(9-3-4-10-19)18-8-7-17(25-18)14(2)22/h5-8,11,14,21-22H,3-4,9-10,12H2,1-2H3. The molecule has 3 rings (SSSR count). The predicted octanol–water partition coefficient (Wildman–Crippen LogP) is 4.55. The van der Waals surface area contributed by atoms with Gasteiger partial charge in [0.25, 0.3) is 0 Å². The molecule has 1 atom stereocenters. The quantitative estimate of drug-likeness (QED) is 0.729. The highest BCUT2D eigenvalue weighted by molar-refractivity contribution is 7.89. The number of sulfonamides is 1. The van der Waals surface area contributed by atoms with Gasteiger partial charge in [-0.3, -0.25) is 0 Å². The molecule has 7 heteroatoms. The summed E-state index contributed by atoms with van der Waals surface area (Å²) >= 11 is 7.67. The van der Waals surface area contributed by atoms with E-state index >= 15 is 0 Å². The van der Waals surface area contributed by atoms with Crippen LogP contribution < -0.4 is 4.72 Å². The Kier molecular flexibility index (Phi) is 5.80. The zero-order valence-corrected chi connectivity index (χ0v) is 17.3. The fourth-order valence-corrected chi connectivity index (χ4v) is 6.07. The Morgan fingerprint density at radius 3 is 2.54 bits per heavy atom. The van der Waals surface area contributed by atoms with Gasteiger partial charge in [0.2, 0.25) is 10.0 Å². The summed E-state index contributed by atoms with van der Waals surface area (Å²) in [6.07, 6.45) is 3.56. The molecule has 1 saturated carbocycles. The van der Waals surface area contributed by atoms with Crippen molar-refractivity contribution < 1.29 is 13.5 Å². The Labute approximate surface area is 164 Å². The van der Waals surface area contributed by atoms with Gasteiger partial charge in [-0.15, -0.1) is 11.3 Å². The Bertz CT molecular complexity index is 884. The van der Waals surface area contributed by atoms with E-state index in [1.807, 2.05) is 19.1 Å². The minimum absolute atomic E-state index is 0.192. The van der Waals surface area contributed by atoms with Gasteiger partial charge in [0.15, 0.2) is 0 Å². The van der Waals surface area contributed by atoms with Crippen molar-refractivity contribution in [1.82, 2.24) is 4.72 Å². The van der Waals surface area contributed by atoms with Crippen LogP contribution in [0.25, 0.3) is 0 Å². The molecule has 1 aliphatic carbocycles. The average Bonchev–Trinajstić information content (AvgIpc) is 3.25. The molecule has 1 aromatic heterocycles. The van der Waals surface area contributed by atoms with Gasteiger partial charge in [-0.25, -0.2) is 13.1 Å². The summed E-state index contributed by atoms with van der Waals surface area (Å²) < 4.78 is 28.3. The van der Waals surface area contributed by atoms with E-state index in [0.29, 0.717) is 11.6 Å². The van der Waals surface area contributed by atoms with Gasteiger partial charge in [-0.1, -0.05) is 30.5 Å². The van der Waals surface area contributed by atoms with Gasteiger partial charge in [0, 0.05) is 26.7 Å². The molecule has 2 aromatic rings. The summed E-state index contributed by atoms with van der Waals surface area (Å²) in [5.74, 6) is 0. The van der Waals surface area contributed by atoms with Crippen LogP contribution >= 0.6 is 22.9 Å². The van der Waals surface area contributed by atoms with Crippen molar-refractivity contribution in [2.75, 3.05) is 6.54 Å². The topological polar surface area (TPSA) is 66.4 Å². The second-order valence-corrected chi connectivity index (χ2v) is 10.4. The Balaban J connectivity index is 1.83. The van der Waals surface area contributed by atoms with Crippen LogP contribution in [-0.4, -0.2) is 20.1 Å². The maximum Gasteiger partial charge on any atom is 0.240 e. The number of rotatable bonds is 6. The summed E-state index contributed by atoms with van der Waals surface area (Å²) in [6, 6.07) is 8.78. The Hall–Kier alpha value is -0.920. The zero-order valence-electron chi connectivity index (χ0n) is 15.0. The molecule has 1 aromatic carbocycles. The molecular formula is C19H24ClNO3S2. The zero-order chi connectivity index (χ0) is 18.9. The number of aliphatic hydroxyl groups excluding tert-OH is 1. The van der Waals surface area contributed by atoms with Crippen LogP contribution in [0.1, 0.15) is 54.0 Å². The average molecular weight is 414 g/mol. The largest absolute Gasteiger partial charge is 0.388 e. The molecule has 0 bridgehead atoms. The number of thiophene rings is 1. The summed E-state index contributed by atoms with van der Waals surface area (Å²) in [5, 5.41) is 10.3. The highest BCUT2D eigenvalue weighted by Crippen LogP contribution is 2.44. The number of benzene rings is 1. The molecule has 142 valence electrons. The number of nitrogens with one attached hydrogen (secondary N) is 1. The minimum atomic E-state index is -3.62. The van der Waals surface area contributed by atoms with Crippen LogP contribution in [0.2, 0.25) is 5.02 Å². The number of hydrogen-bond donors (Lipinski definition) is 2. The second kappa shape index (κ2) is 7.60. The van der Waals surface area contributed by atoms with E-state index < -0.39 is 16.1 Å². The SMILES string of the molecule is Cc1ccc(S(=O)(=O)NCC2(c3ccc(C(C)O)s3)CCCC2)cc1Cl. The summed E-state index contributed by atoms with van der Waals surface area (Å²) in [7, 11) is -3.62. The van der Waals surface area contributed by atoms with E-state index in [0.717, 1.165) is 41.0 Å². The van der Waals surface area contributed by atoms with Gasteiger partial charge in [0.1, 0.15) is 0 Å². The smallest absolute Gasteiger partial charge is 0.240 e. The summed E-state index contributed by atoms with van der Waals surface area (Å²) in [6.45, 7) is 3.96. The molecule has 0 spiro atoms. The maximum absolute atomic E-state index is 12.7. The van der Waals surface area contributed by atoms with E-state index in [-0.39, 0.29) is 10.3 Å². The first-order valence-electron chi connectivity index (χ1n) is 8.78. The lowest BCUT2D eigenvalue weighted by atomic mass is 9.85.